The molecule has 1 aromatic heterocycles. The lowest BCUT2D eigenvalue weighted by Crippen LogP contribution is -2.49. The molecule has 0 aliphatic carbocycles. The fourth-order valence-corrected chi connectivity index (χ4v) is 2.85. The number of ketones is 1. The quantitative estimate of drug-likeness (QED) is 0.807. The van der Waals surface area contributed by atoms with Crippen molar-refractivity contribution in [2.75, 3.05) is 32.7 Å². The third-order valence-electron chi connectivity index (χ3n) is 3.93. The molecule has 0 spiro atoms. The third kappa shape index (κ3) is 3.63. The highest BCUT2D eigenvalue weighted by atomic mass is 35.5. The van der Waals surface area contributed by atoms with Crippen molar-refractivity contribution in [3.8, 4) is 0 Å². The lowest BCUT2D eigenvalue weighted by molar-refractivity contribution is 0.0620. The number of benzene rings is 1. The first-order valence-corrected chi connectivity index (χ1v) is 7.86. The molecule has 23 heavy (non-hydrogen) atoms. The first-order valence-electron chi connectivity index (χ1n) is 7.48. The summed E-state index contributed by atoms with van der Waals surface area (Å²) < 4.78 is 5.11. The summed E-state index contributed by atoms with van der Waals surface area (Å²) in [5.41, 5.74) is 0.522. The highest BCUT2D eigenvalue weighted by Gasteiger charge is 2.25. The zero-order chi connectivity index (χ0) is 16.2. The van der Waals surface area contributed by atoms with Gasteiger partial charge < -0.3 is 9.32 Å². The summed E-state index contributed by atoms with van der Waals surface area (Å²) >= 11 is 6.08. The molecule has 0 saturated carbocycles. The Morgan fingerprint density at radius 1 is 1.04 bits per heavy atom. The molecule has 1 aromatic carbocycles. The summed E-state index contributed by atoms with van der Waals surface area (Å²) in [5.74, 6) is 0.271. The van der Waals surface area contributed by atoms with E-state index in [2.05, 4.69) is 0 Å². The van der Waals surface area contributed by atoms with Crippen molar-refractivity contribution in [3.05, 3.63) is 59.0 Å². The van der Waals surface area contributed by atoms with Gasteiger partial charge in [-0.25, -0.2) is 0 Å². The van der Waals surface area contributed by atoms with Crippen LogP contribution < -0.4 is 0 Å². The van der Waals surface area contributed by atoms with Crippen LogP contribution in [0.25, 0.3) is 0 Å². The van der Waals surface area contributed by atoms with Crippen LogP contribution in [0.2, 0.25) is 5.02 Å². The van der Waals surface area contributed by atoms with E-state index in [4.69, 9.17) is 16.0 Å². The van der Waals surface area contributed by atoms with Crippen molar-refractivity contribution < 1.29 is 14.0 Å². The van der Waals surface area contributed by atoms with Crippen molar-refractivity contribution in [1.29, 1.82) is 0 Å². The van der Waals surface area contributed by atoms with Gasteiger partial charge in [-0.3, -0.25) is 14.5 Å². The standard InChI is InChI=1S/C17H17ClN2O3/c18-14-5-2-1-4-13(14)17(22)20-9-7-19(8-10-20)12-15(21)16-6-3-11-23-16/h1-6,11H,7-10,12H2. The molecule has 3 rings (SSSR count). The summed E-state index contributed by atoms with van der Waals surface area (Å²) in [6.45, 7) is 2.78. The van der Waals surface area contributed by atoms with Gasteiger partial charge in [-0.15, -0.1) is 0 Å². The van der Waals surface area contributed by atoms with Crippen LogP contribution in [0.3, 0.4) is 0 Å². The summed E-state index contributed by atoms with van der Waals surface area (Å²) in [4.78, 5) is 28.3. The molecule has 2 heterocycles. The van der Waals surface area contributed by atoms with E-state index in [1.807, 2.05) is 4.90 Å². The number of furan rings is 1. The molecular weight excluding hydrogens is 316 g/mol. The maximum Gasteiger partial charge on any atom is 0.255 e. The van der Waals surface area contributed by atoms with Gasteiger partial charge in [-0.1, -0.05) is 23.7 Å². The minimum atomic E-state index is -0.0624. The van der Waals surface area contributed by atoms with E-state index < -0.39 is 0 Å². The lowest BCUT2D eigenvalue weighted by atomic mass is 10.1. The van der Waals surface area contributed by atoms with Crippen LogP contribution in [0.5, 0.6) is 0 Å². The molecule has 0 unspecified atom stereocenters. The number of nitrogens with zero attached hydrogens (tertiary/aromatic N) is 2. The predicted octanol–water partition coefficient (Wildman–Crippen LogP) is 2.57. The van der Waals surface area contributed by atoms with Gasteiger partial charge in [0.25, 0.3) is 5.91 Å². The molecule has 1 aliphatic heterocycles. The molecule has 1 saturated heterocycles. The SMILES string of the molecule is O=C(CN1CCN(C(=O)c2ccccc2Cl)CC1)c1ccco1. The summed E-state index contributed by atoms with van der Waals surface area (Å²) in [5, 5.41) is 0.466. The van der Waals surface area contributed by atoms with E-state index in [9.17, 15) is 9.59 Å². The number of carbonyl (C=O) groups excluding carboxylic acids is 2. The van der Waals surface area contributed by atoms with Crippen LogP contribution in [0.15, 0.2) is 47.1 Å². The normalized spacial score (nSPS) is 15.6. The largest absolute Gasteiger partial charge is 0.461 e. The number of Topliss-reactive ketones (excluding diaryl/α,β-unsaturated/α-hetero) is 1. The molecule has 0 N–H and O–H groups in total. The van der Waals surface area contributed by atoms with E-state index in [1.54, 1.807) is 41.3 Å². The zero-order valence-electron chi connectivity index (χ0n) is 12.6. The molecule has 1 amide bonds. The van der Waals surface area contributed by atoms with Crippen LogP contribution >= 0.6 is 11.6 Å². The molecule has 5 nitrogen and oxygen atoms in total. The molecule has 1 aliphatic rings. The van der Waals surface area contributed by atoms with Crippen LogP contribution in [-0.4, -0.2) is 54.2 Å². The van der Waals surface area contributed by atoms with Crippen molar-refractivity contribution in [2.24, 2.45) is 0 Å². The number of carbonyl (C=O) groups is 2. The van der Waals surface area contributed by atoms with Gasteiger partial charge in [0, 0.05) is 26.2 Å². The molecular formula is C17H17ClN2O3. The Morgan fingerprint density at radius 3 is 2.43 bits per heavy atom. The molecule has 120 valence electrons. The van der Waals surface area contributed by atoms with Crippen LogP contribution in [0, 0.1) is 0 Å². The Balaban J connectivity index is 1.55. The van der Waals surface area contributed by atoms with Gasteiger partial charge >= 0.3 is 0 Å². The highest BCUT2D eigenvalue weighted by Crippen LogP contribution is 2.18. The Bertz CT molecular complexity index is 692. The van der Waals surface area contributed by atoms with Gasteiger partial charge in [0.2, 0.25) is 5.78 Å². The second-order valence-corrected chi connectivity index (χ2v) is 5.86. The van der Waals surface area contributed by atoms with Crippen LogP contribution in [-0.2, 0) is 0 Å². The van der Waals surface area contributed by atoms with E-state index in [-0.39, 0.29) is 11.7 Å². The fourth-order valence-electron chi connectivity index (χ4n) is 2.63. The van der Waals surface area contributed by atoms with Crippen molar-refractivity contribution >= 4 is 23.3 Å². The third-order valence-corrected chi connectivity index (χ3v) is 4.26. The molecule has 6 heteroatoms. The number of amides is 1. The highest BCUT2D eigenvalue weighted by molar-refractivity contribution is 6.33. The topological polar surface area (TPSA) is 53.8 Å². The van der Waals surface area contributed by atoms with Gasteiger partial charge in [0.15, 0.2) is 5.76 Å². The van der Waals surface area contributed by atoms with Crippen molar-refractivity contribution in [2.45, 2.75) is 0 Å². The number of piperazine rings is 1. The maximum atomic E-state index is 12.5. The minimum Gasteiger partial charge on any atom is -0.461 e. The molecule has 0 radical (unpaired) electrons. The minimum absolute atomic E-state index is 0.0409. The number of hydrogen-bond donors (Lipinski definition) is 0. The van der Waals surface area contributed by atoms with Crippen molar-refractivity contribution in [1.82, 2.24) is 9.80 Å². The van der Waals surface area contributed by atoms with Gasteiger partial charge in [0.05, 0.1) is 23.4 Å². The number of halogens is 1. The summed E-state index contributed by atoms with van der Waals surface area (Å²) in [6, 6.07) is 10.4. The Labute approximate surface area is 139 Å². The average molecular weight is 333 g/mol. The molecule has 0 atom stereocenters. The first kappa shape index (κ1) is 15.8. The summed E-state index contributed by atoms with van der Waals surface area (Å²) in [7, 11) is 0. The Hall–Kier alpha value is -2.11. The first-order chi connectivity index (χ1) is 11.1. The Kier molecular flexibility index (Phi) is 4.79. The van der Waals surface area contributed by atoms with Crippen LogP contribution in [0.4, 0.5) is 0 Å². The molecule has 2 aromatic rings. The molecule has 1 fully saturated rings. The predicted molar refractivity (Wildman–Crippen MR) is 86.8 cm³/mol. The van der Waals surface area contributed by atoms with Gasteiger partial charge in [0.1, 0.15) is 0 Å². The fraction of sp³-hybridized carbons (Fsp3) is 0.294. The Morgan fingerprint density at radius 2 is 1.78 bits per heavy atom. The monoisotopic (exact) mass is 332 g/mol. The summed E-state index contributed by atoms with van der Waals surface area (Å²) in [6.07, 6.45) is 1.49. The van der Waals surface area contributed by atoms with Gasteiger partial charge in [-0.2, -0.15) is 0 Å². The lowest BCUT2D eigenvalue weighted by Gasteiger charge is -2.34. The van der Waals surface area contributed by atoms with Crippen LogP contribution in [0.1, 0.15) is 20.9 Å². The zero-order valence-corrected chi connectivity index (χ0v) is 13.3. The van der Waals surface area contributed by atoms with E-state index in [0.717, 1.165) is 0 Å². The van der Waals surface area contributed by atoms with E-state index in [1.165, 1.54) is 6.26 Å². The molecule has 0 bridgehead atoms. The van der Waals surface area contributed by atoms with Crippen molar-refractivity contribution in [3.63, 3.8) is 0 Å². The second-order valence-electron chi connectivity index (χ2n) is 5.45. The maximum absolute atomic E-state index is 12.5. The van der Waals surface area contributed by atoms with E-state index >= 15 is 0 Å². The number of rotatable bonds is 4. The average Bonchev–Trinajstić information content (AvgIpc) is 3.10. The number of hydrogen-bond acceptors (Lipinski definition) is 4. The van der Waals surface area contributed by atoms with Gasteiger partial charge in [-0.05, 0) is 24.3 Å². The smallest absolute Gasteiger partial charge is 0.255 e. The van der Waals surface area contributed by atoms with E-state index in [0.29, 0.717) is 49.1 Å². The second kappa shape index (κ2) is 6.98.